The summed E-state index contributed by atoms with van der Waals surface area (Å²) in [6.45, 7) is 6.87. The molecule has 7 nitrogen and oxygen atoms in total. The van der Waals surface area contributed by atoms with E-state index < -0.39 is 0 Å². The zero-order valence-corrected chi connectivity index (χ0v) is 17.1. The van der Waals surface area contributed by atoms with E-state index in [0.717, 1.165) is 60.3 Å². The van der Waals surface area contributed by atoms with Gasteiger partial charge in [0, 0.05) is 32.3 Å². The molecule has 1 fully saturated rings. The zero-order chi connectivity index (χ0) is 19.6. The van der Waals surface area contributed by atoms with Gasteiger partial charge >= 0.3 is 0 Å². The first-order chi connectivity index (χ1) is 13.0. The molecule has 0 bridgehead atoms. The van der Waals surface area contributed by atoms with E-state index in [-0.39, 0.29) is 5.91 Å². The summed E-state index contributed by atoms with van der Waals surface area (Å²) in [5.74, 6) is 1.53. The van der Waals surface area contributed by atoms with Crippen molar-refractivity contribution in [2.45, 2.75) is 39.5 Å². The van der Waals surface area contributed by atoms with Crippen LogP contribution in [0.2, 0.25) is 0 Å². The molecule has 2 aromatic rings. The summed E-state index contributed by atoms with van der Waals surface area (Å²) in [5.41, 5.74) is 4.03. The van der Waals surface area contributed by atoms with Crippen molar-refractivity contribution in [2.24, 2.45) is 13.0 Å². The normalized spacial score (nSPS) is 15.5. The highest BCUT2D eigenvalue weighted by Crippen LogP contribution is 2.30. The Hall–Kier alpha value is -2.15. The lowest BCUT2D eigenvalue weighted by molar-refractivity contribution is -0.132. The molecule has 0 atom stereocenters. The largest absolute Gasteiger partial charge is 0.479 e. The molecule has 1 saturated heterocycles. The van der Waals surface area contributed by atoms with Crippen LogP contribution in [0.15, 0.2) is 0 Å². The van der Waals surface area contributed by atoms with Gasteiger partial charge in [0.25, 0.3) is 0 Å². The second-order valence-corrected chi connectivity index (χ2v) is 7.51. The molecule has 0 saturated carbocycles. The number of hydrogen-bond acceptors (Lipinski definition) is 5. The number of nitrogens with one attached hydrogen (secondary N) is 1. The number of carbonyl (C=O) groups is 1. The number of carbonyl (C=O) groups excluding carboxylic acids is 1. The van der Waals surface area contributed by atoms with E-state index in [9.17, 15) is 4.79 Å². The first kappa shape index (κ1) is 19.6. The zero-order valence-electron chi connectivity index (χ0n) is 17.1. The number of hydrogen-bond donors (Lipinski definition) is 1. The Kier molecular flexibility index (Phi) is 5.99. The molecule has 0 aromatic carbocycles. The maximum Gasteiger partial charge on any atom is 0.242 e. The molecule has 1 amide bonds. The van der Waals surface area contributed by atoms with Gasteiger partial charge in [-0.1, -0.05) is 0 Å². The standard InChI is InChI=1S/C20H31N5O2/c1-13-16(14(2)22-19-18(13)20(27-5)23-24(19)4)6-7-17(26)25-10-8-15(9-11-25)12-21-3/h15,21H,6-12H2,1-5H3. The minimum atomic E-state index is 0.245. The van der Waals surface area contributed by atoms with Crippen molar-refractivity contribution in [1.29, 1.82) is 0 Å². The molecule has 1 aliphatic heterocycles. The van der Waals surface area contributed by atoms with Gasteiger partial charge < -0.3 is 15.0 Å². The summed E-state index contributed by atoms with van der Waals surface area (Å²) < 4.78 is 7.17. The lowest BCUT2D eigenvalue weighted by Gasteiger charge is -2.32. The van der Waals surface area contributed by atoms with Crippen LogP contribution in [0.4, 0.5) is 0 Å². The quantitative estimate of drug-likeness (QED) is 0.838. The van der Waals surface area contributed by atoms with Gasteiger partial charge in [-0.15, -0.1) is 5.10 Å². The highest BCUT2D eigenvalue weighted by atomic mass is 16.5. The maximum atomic E-state index is 12.7. The van der Waals surface area contributed by atoms with Crippen molar-refractivity contribution >= 4 is 16.9 Å². The highest BCUT2D eigenvalue weighted by molar-refractivity contribution is 5.86. The van der Waals surface area contributed by atoms with Gasteiger partial charge in [0.05, 0.1) is 12.5 Å². The van der Waals surface area contributed by atoms with Crippen LogP contribution in [0.25, 0.3) is 11.0 Å². The van der Waals surface area contributed by atoms with E-state index in [2.05, 4.69) is 17.3 Å². The summed E-state index contributed by atoms with van der Waals surface area (Å²) in [5, 5.41) is 8.58. The number of amides is 1. The summed E-state index contributed by atoms with van der Waals surface area (Å²) in [6, 6.07) is 0. The van der Waals surface area contributed by atoms with Crippen LogP contribution in [0, 0.1) is 19.8 Å². The van der Waals surface area contributed by atoms with Gasteiger partial charge in [0.2, 0.25) is 11.8 Å². The molecule has 0 aliphatic carbocycles. The number of likely N-dealkylation sites (tertiary alicyclic amines) is 1. The second kappa shape index (κ2) is 8.25. The third-order valence-electron chi connectivity index (χ3n) is 5.77. The first-order valence-electron chi connectivity index (χ1n) is 9.75. The van der Waals surface area contributed by atoms with Gasteiger partial charge in [-0.2, -0.15) is 0 Å². The minimum absolute atomic E-state index is 0.245. The Morgan fingerprint density at radius 3 is 2.63 bits per heavy atom. The van der Waals surface area contributed by atoms with Gasteiger partial charge in [-0.3, -0.25) is 4.79 Å². The number of rotatable bonds is 6. The number of aryl methyl sites for hydroxylation is 3. The Morgan fingerprint density at radius 2 is 2.00 bits per heavy atom. The lowest BCUT2D eigenvalue weighted by Crippen LogP contribution is -2.40. The van der Waals surface area contributed by atoms with Crippen molar-refractivity contribution in [2.75, 3.05) is 33.8 Å². The number of pyridine rings is 1. The summed E-state index contributed by atoms with van der Waals surface area (Å²) in [6.07, 6.45) is 3.40. The van der Waals surface area contributed by atoms with E-state index in [0.29, 0.717) is 24.6 Å². The molecule has 7 heteroatoms. The van der Waals surface area contributed by atoms with Crippen LogP contribution in [0.3, 0.4) is 0 Å². The fraction of sp³-hybridized carbons (Fsp3) is 0.650. The van der Waals surface area contributed by atoms with Gasteiger partial charge in [0.15, 0.2) is 5.65 Å². The maximum absolute atomic E-state index is 12.7. The van der Waals surface area contributed by atoms with E-state index >= 15 is 0 Å². The molecular weight excluding hydrogens is 342 g/mol. The number of fused-ring (bicyclic) bond motifs is 1. The topological polar surface area (TPSA) is 72.3 Å². The fourth-order valence-electron chi connectivity index (χ4n) is 4.17. The molecule has 3 rings (SSSR count). The Labute approximate surface area is 161 Å². The van der Waals surface area contributed by atoms with E-state index in [4.69, 9.17) is 9.72 Å². The predicted molar refractivity (Wildman–Crippen MR) is 106 cm³/mol. The highest BCUT2D eigenvalue weighted by Gasteiger charge is 2.23. The van der Waals surface area contributed by atoms with Crippen LogP contribution in [0.5, 0.6) is 5.88 Å². The third-order valence-corrected chi connectivity index (χ3v) is 5.77. The van der Waals surface area contributed by atoms with Gasteiger partial charge in [0.1, 0.15) is 0 Å². The summed E-state index contributed by atoms with van der Waals surface area (Å²) >= 11 is 0. The van der Waals surface area contributed by atoms with E-state index in [1.165, 1.54) is 0 Å². The van der Waals surface area contributed by atoms with Crippen molar-refractivity contribution in [3.63, 3.8) is 0 Å². The number of aromatic nitrogens is 3. The molecule has 0 unspecified atom stereocenters. The SMILES string of the molecule is CNCC1CCN(C(=O)CCc2c(C)nc3c(c(OC)nn3C)c2C)CC1. The van der Waals surface area contributed by atoms with Crippen LogP contribution < -0.4 is 10.1 Å². The van der Waals surface area contributed by atoms with Gasteiger partial charge in [-0.25, -0.2) is 9.67 Å². The molecule has 2 aromatic heterocycles. The molecule has 1 aliphatic rings. The monoisotopic (exact) mass is 373 g/mol. The summed E-state index contributed by atoms with van der Waals surface area (Å²) in [4.78, 5) is 19.4. The molecule has 0 radical (unpaired) electrons. The average Bonchev–Trinajstić information content (AvgIpc) is 2.98. The van der Waals surface area contributed by atoms with Gasteiger partial charge in [-0.05, 0) is 63.7 Å². The van der Waals surface area contributed by atoms with Crippen molar-refractivity contribution in [3.05, 3.63) is 16.8 Å². The van der Waals surface area contributed by atoms with Crippen molar-refractivity contribution in [3.8, 4) is 5.88 Å². The lowest BCUT2D eigenvalue weighted by atomic mass is 9.96. The second-order valence-electron chi connectivity index (χ2n) is 7.51. The predicted octanol–water partition coefficient (Wildman–Crippen LogP) is 1.98. The van der Waals surface area contributed by atoms with Crippen LogP contribution >= 0.6 is 0 Å². The molecule has 27 heavy (non-hydrogen) atoms. The first-order valence-corrected chi connectivity index (χ1v) is 9.75. The number of nitrogens with zero attached hydrogens (tertiary/aromatic N) is 4. The minimum Gasteiger partial charge on any atom is -0.479 e. The van der Waals surface area contributed by atoms with Crippen LogP contribution in [0.1, 0.15) is 36.1 Å². The molecule has 3 heterocycles. The fourth-order valence-corrected chi connectivity index (χ4v) is 4.17. The van der Waals surface area contributed by atoms with E-state index in [1.54, 1.807) is 11.8 Å². The number of methoxy groups -OCH3 is 1. The average molecular weight is 374 g/mol. The number of ether oxygens (including phenoxy) is 1. The van der Waals surface area contributed by atoms with E-state index in [1.807, 2.05) is 25.9 Å². The third kappa shape index (κ3) is 3.93. The Balaban J connectivity index is 1.71. The molecule has 0 spiro atoms. The Morgan fingerprint density at radius 1 is 1.30 bits per heavy atom. The smallest absolute Gasteiger partial charge is 0.242 e. The number of piperidine rings is 1. The molecule has 148 valence electrons. The molecule has 1 N–H and O–H groups in total. The van der Waals surface area contributed by atoms with Crippen molar-refractivity contribution < 1.29 is 9.53 Å². The summed E-state index contributed by atoms with van der Waals surface area (Å²) in [7, 11) is 5.49. The van der Waals surface area contributed by atoms with Crippen LogP contribution in [-0.2, 0) is 18.3 Å². The van der Waals surface area contributed by atoms with Crippen LogP contribution in [-0.4, -0.2) is 59.4 Å². The Bertz CT molecular complexity index is 822. The molecular formula is C20H31N5O2. The van der Waals surface area contributed by atoms with Crippen molar-refractivity contribution in [1.82, 2.24) is 25.0 Å².